The summed E-state index contributed by atoms with van der Waals surface area (Å²) in [6.07, 6.45) is 7.46. The molecule has 34 heavy (non-hydrogen) atoms. The van der Waals surface area contributed by atoms with Gasteiger partial charge in [-0.25, -0.2) is 8.42 Å². The molecule has 2 unspecified atom stereocenters. The van der Waals surface area contributed by atoms with Crippen LogP contribution < -0.4 is 0 Å². The fourth-order valence-electron chi connectivity index (χ4n) is 5.07. The highest BCUT2D eigenvalue weighted by atomic mass is 32.2. The SMILES string of the molecule is CC=C(C)CC(C=C(C)CC(C1=C(C)CCCC1(C)C)S(=O)(=O)c1ccc(C)cc1)OC(C)=O. The second-order valence-corrected chi connectivity index (χ2v) is 12.6. The molecule has 1 aliphatic rings. The summed E-state index contributed by atoms with van der Waals surface area (Å²) in [6, 6.07) is 7.16. The van der Waals surface area contributed by atoms with Gasteiger partial charge in [-0.1, -0.05) is 54.3 Å². The van der Waals surface area contributed by atoms with Gasteiger partial charge in [-0.3, -0.25) is 4.79 Å². The van der Waals surface area contributed by atoms with Crippen molar-refractivity contribution in [1.29, 1.82) is 0 Å². The maximum absolute atomic E-state index is 14.0. The van der Waals surface area contributed by atoms with E-state index in [0.29, 0.717) is 17.7 Å². The van der Waals surface area contributed by atoms with Gasteiger partial charge in [-0.15, -0.1) is 0 Å². The monoisotopic (exact) mass is 486 g/mol. The van der Waals surface area contributed by atoms with Crippen LogP contribution >= 0.6 is 0 Å². The van der Waals surface area contributed by atoms with Gasteiger partial charge in [0.1, 0.15) is 6.10 Å². The Kier molecular flexibility index (Phi) is 9.53. The third-order valence-corrected chi connectivity index (χ3v) is 8.98. The van der Waals surface area contributed by atoms with Crippen molar-refractivity contribution >= 4 is 15.8 Å². The number of sulfone groups is 1. The smallest absolute Gasteiger partial charge is 0.303 e. The molecule has 0 spiro atoms. The predicted octanol–water partition coefficient (Wildman–Crippen LogP) is 7.29. The van der Waals surface area contributed by atoms with Crippen LogP contribution in [0.2, 0.25) is 0 Å². The number of carbonyl (C=O) groups is 1. The Balaban J connectivity index is 2.56. The van der Waals surface area contributed by atoms with Crippen LogP contribution in [0.4, 0.5) is 0 Å². The lowest BCUT2D eigenvalue weighted by Gasteiger charge is -2.39. The van der Waals surface area contributed by atoms with E-state index in [1.807, 2.05) is 52.0 Å². The van der Waals surface area contributed by atoms with E-state index in [2.05, 4.69) is 20.8 Å². The van der Waals surface area contributed by atoms with Gasteiger partial charge in [0.15, 0.2) is 9.84 Å². The molecule has 0 saturated carbocycles. The van der Waals surface area contributed by atoms with Crippen LogP contribution in [0.3, 0.4) is 0 Å². The maximum atomic E-state index is 14.0. The van der Waals surface area contributed by atoms with Crippen LogP contribution in [-0.4, -0.2) is 25.7 Å². The normalized spacial score (nSPS) is 19.1. The second kappa shape index (κ2) is 11.5. The summed E-state index contributed by atoms with van der Waals surface area (Å²) in [6.45, 7) is 15.7. The van der Waals surface area contributed by atoms with E-state index in [0.717, 1.165) is 41.5 Å². The molecule has 0 aliphatic heterocycles. The molecule has 188 valence electrons. The highest BCUT2D eigenvalue weighted by Crippen LogP contribution is 2.46. The molecule has 0 bridgehead atoms. The molecular weight excluding hydrogens is 444 g/mol. The van der Waals surface area contributed by atoms with Crippen molar-refractivity contribution in [2.45, 2.75) is 104 Å². The first kappa shape index (κ1) is 28.1. The summed E-state index contributed by atoms with van der Waals surface area (Å²) >= 11 is 0. The van der Waals surface area contributed by atoms with Crippen LogP contribution in [-0.2, 0) is 19.4 Å². The molecule has 0 N–H and O–H groups in total. The number of ether oxygens (including phenoxy) is 1. The molecule has 0 radical (unpaired) electrons. The molecule has 0 heterocycles. The van der Waals surface area contributed by atoms with Crippen molar-refractivity contribution in [1.82, 2.24) is 0 Å². The topological polar surface area (TPSA) is 60.4 Å². The number of carbonyl (C=O) groups excluding carboxylic acids is 1. The van der Waals surface area contributed by atoms with Crippen molar-refractivity contribution in [3.05, 3.63) is 64.3 Å². The van der Waals surface area contributed by atoms with E-state index in [1.54, 1.807) is 12.1 Å². The highest BCUT2D eigenvalue weighted by Gasteiger charge is 2.40. The van der Waals surface area contributed by atoms with Gasteiger partial charge in [0.25, 0.3) is 0 Å². The first-order chi connectivity index (χ1) is 15.8. The van der Waals surface area contributed by atoms with Crippen molar-refractivity contribution in [3.63, 3.8) is 0 Å². The molecule has 1 aromatic carbocycles. The Labute approximate surface area is 207 Å². The lowest BCUT2D eigenvalue weighted by molar-refractivity contribution is -0.144. The molecule has 2 atom stereocenters. The van der Waals surface area contributed by atoms with E-state index in [1.165, 1.54) is 12.5 Å². The maximum Gasteiger partial charge on any atom is 0.303 e. The number of hydrogen-bond acceptors (Lipinski definition) is 4. The number of esters is 1. The largest absolute Gasteiger partial charge is 0.458 e. The number of rotatable bonds is 9. The van der Waals surface area contributed by atoms with Crippen molar-refractivity contribution in [2.24, 2.45) is 5.41 Å². The zero-order valence-electron chi connectivity index (χ0n) is 22.2. The van der Waals surface area contributed by atoms with Crippen molar-refractivity contribution < 1.29 is 17.9 Å². The molecule has 0 saturated heterocycles. The van der Waals surface area contributed by atoms with Crippen molar-refractivity contribution in [2.75, 3.05) is 0 Å². The quantitative estimate of drug-likeness (QED) is 0.272. The van der Waals surface area contributed by atoms with Crippen LogP contribution in [0.1, 0.15) is 86.1 Å². The molecule has 0 aromatic heterocycles. The van der Waals surface area contributed by atoms with Gasteiger partial charge in [-0.2, -0.15) is 0 Å². The molecule has 1 aromatic rings. The molecule has 0 amide bonds. The predicted molar refractivity (Wildman–Crippen MR) is 140 cm³/mol. The fourth-order valence-corrected chi connectivity index (χ4v) is 7.23. The Morgan fingerprint density at radius 1 is 1.06 bits per heavy atom. The first-order valence-electron chi connectivity index (χ1n) is 12.2. The minimum atomic E-state index is -3.62. The van der Waals surface area contributed by atoms with Gasteiger partial charge in [0.2, 0.25) is 0 Å². The van der Waals surface area contributed by atoms with Crippen LogP contribution in [0.15, 0.2) is 63.6 Å². The van der Waals surface area contributed by atoms with Crippen LogP contribution in [0, 0.1) is 12.3 Å². The van der Waals surface area contributed by atoms with Crippen LogP contribution in [0.25, 0.3) is 0 Å². The third kappa shape index (κ3) is 7.18. The van der Waals surface area contributed by atoms with Gasteiger partial charge >= 0.3 is 5.97 Å². The van der Waals surface area contributed by atoms with E-state index < -0.39 is 21.2 Å². The summed E-state index contributed by atoms with van der Waals surface area (Å²) in [5, 5.41) is -0.650. The van der Waals surface area contributed by atoms with E-state index in [4.69, 9.17) is 4.74 Å². The average molecular weight is 487 g/mol. The Morgan fingerprint density at radius 3 is 2.21 bits per heavy atom. The standard InChI is InChI=1S/C29H42O4S/c1-9-20(2)17-25(33-24(6)30)18-22(4)19-27(28-23(5)11-10-16-29(28,7)8)34(31,32)26-14-12-21(3)13-15-26/h9,12-15,18,25,27H,10-11,16-17,19H2,1-8H3. The second-order valence-electron chi connectivity index (χ2n) is 10.5. The molecule has 2 rings (SSSR count). The third-order valence-electron chi connectivity index (χ3n) is 6.90. The van der Waals surface area contributed by atoms with Gasteiger partial charge in [0.05, 0.1) is 10.1 Å². The number of benzene rings is 1. The number of hydrogen-bond donors (Lipinski definition) is 0. The van der Waals surface area contributed by atoms with Crippen LogP contribution in [0.5, 0.6) is 0 Å². The summed E-state index contributed by atoms with van der Waals surface area (Å²) in [4.78, 5) is 12.1. The minimum absolute atomic E-state index is 0.193. The van der Waals surface area contributed by atoms with Crippen molar-refractivity contribution in [3.8, 4) is 0 Å². The lowest BCUT2D eigenvalue weighted by Crippen LogP contribution is -2.35. The average Bonchev–Trinajstić information content (AvgIpc) is 2.72. The van der Waals surface area contributed by atoms with E-state index >= 15 is 0 Å². The molecule has 4 nitrogen and oxygen atoms in total. The number of allylic oxidation sites excluding steroid dienone is 3. The molecule has 5 heteroatoms. The first-order valence-corrected chi connectivity index (χ1v) is 13.8. The van der Waals surface area contributed by atoms with E-state index in [9.17, 15) is 13.2 Å². The Bertz CT molecular complexity index is 1070. The summed E-state index contributed by atoms with van der Waals surface area (Å²) in [5.74, 6) is -0.339. The summed E-state index contributed by atoms with van der Waals surface area (Å²) < 4.78 is 33.6. The Morgan fingerprint density at radius 2 is 1.68 bits per heavy atom. The highest BCUT2D eigenvalue weighted by molar-refractivity contribution is 7.92. The summed E-state index contributed by atoms with van der Waals surface area (Å²) in [5.41, 5.74) is 5.10. The van der Waals surface area contributed by atoms with Gasteiger partial charge < -0.3 is 4.74 Å². The van der Waals surface area contributed by atoms with Gasteiger partial charge in [-0.05, 0) is 89.5 Å². The fraction of sp³-hybridized carbons (Fsp3) is 0.552. The van der Waals surface area contributed by atoms with E-state index in [-0.39, 0.29) is 11.4 Å². The number of aryl methyl sites for hydroxylation is 1. The lowest BCUT2D eigenvalue weighted by atomic mass is 9.70. The van der Waals surface area contributed by atoms with Gasteiger partial charge in [0, 0.05) is 13.3 Å². The minimum Gasteiger partial charge on any atom is -0.458 e. The molecule has 0 fully saturated rings. The molecule has 1 aliphatic carbocycles. The Hall–Kier alpha value is -2.14. The molecular formula is C29H42O4S. The summed E-state index contributed by atoms with van der Waals surface area (Å²) in [7, 11) is -3.62. The zero-order chi connectivity index (χ0) is 25.7. The zero-order valence-corrected chi connectivity index (χ0v) is 23.0.